The number of aliphatic hydroxyl groups excluding tert-OH is 4. The molecule has 0 aliphatic heterocycles. The molecule has 0 aromatic heterocycles. The molecule has 0 radical (unpaired) electrons. The molecule has 0 saturated heterocycles. The number of aliphatic hydroxyl groups is 4. The van der Waals surface area contributed by atoms with Crippen molar-refractivity contribution in [1.82, 2.24) is 0 Å². The van der Waals surface area contributed by atoms with E-state index in [1.54, 1.807) is 30.3 Å². The average molecular weight is 253 g/mol. The summed E-state index contributed by atoms with van der Waals surface area (Å²) < 4.78 is 0. The van der Waals surface area contributed by atoms with Gasteiger partial charge in [-0.15, -0.1) is 0 Å². The lowest BCUT2D eigenvalue weighted by atomic mass is 9.95. The van der Waals surface area contributed by atoms with Crippen molar-refractivity contribution in [2.24, 2.45) is 5.73 Å². The van der Waals surface area contributed by atoms with E-state index in [0.717, 1.165) is 5.56 Å². The summed E-state index contributed by atoms with van der Waals surface area (Å²) in [6.45, 7) is 2.98. The van der Waals surface area contributed by atoms with Crippen molar-refractivity contribution in [2.75, 3.05) is 6.61 Å². The molecule has 0 spiro atoms. The van der Waals surface area contributed by atoms with Gasteiger partial charge < -0.3 is 26.2 Å². The maximum atomic E-state index is 9.80. The Balaban J connectivity index is 2.78. The van der Waals surface area contributed by atoms with Gasteiger partial charge in [-0.05, 0) is 11.1 Å². The van der Waals surface area contributed by atoms with Gasteiger partial charge in [0.2, 0.25) is 0 Å². The Morgan fingerprint density at radius 2 is 1.67 bits per heavy atom. The molecule has 0 aliphatic rings. The smallest absolute Gasteiger partial charge is 0.110 e. The summed E-state index contributed by atoms with van der Waals surface area (Å²) in [5, 5.41) is 37.3. The minimum absolute atomic E-state index is 0.622. The number of hydrogen-bond donors (Lipinski definition) is 5. The lowest BCUT2D eigenvalue weighted by Gasteiger charge is -2.26. The van der Waals surface area contributed by atoms with Crippen molar-refractivity contribution in [3.63, 3.8) is 0 Å². The van der Waals surface area contributed by atoms with Gasteiger partial charge in [0.25, 0.3) is 0 Å². The molecule has 1 unspecified atom stereocenters. The SMILES string of the molecule is C=Cc1ccc(C(N)[C@@H](O)[C@H](O)[C@H](O)CO)cc1. The van der Waals surface area contributed by atoms with Crippen LogP contribution in [0.25, 0.3) is 6.08 Å². The Kier molecular flexibility index (Phi) is 5.46. The molecule has 1 aromatic carbocycles. The summed E-state index contributed by atoms with van der Waals surface area (Å²) in [6, 6.07) is 6.14. The standard InChI is InChI=1S/C13H19NO4/c1-2-8-3-5-9(6-4-8)11(14)13(18)12(17)10(16)7-15/h2-6,10-13,15-18H,1,7,14H2/t10-,11?,12-,13-/m1/s1. The van der Waals surface area contributed by atoms with Crippen LogP contribution in [0.15, 0.2) is 30.8 Å². The van der Waals surface area contributed by atoms with Crippen LogP contribution in [-0.2, 0) is 0 Å². The van der Waals surface area contributed by atoms with Gasteiger partial charge >= 0.3 is 0 Å². The predicted molar refractivity (Wildman–Crippen MR) is 68.6 cm³/mol. The first-order chi connectivity index (χ1) is 8.51. The lowest BCUT2D eigenvalue weighted by molar-refractivity contribution is -0.0837. The third-order valence-electron chi connectivity index (χ3n) is 2.86. The first-order valence-corrected chi connectivity index (χ1v) is 5.64. The van der Waals surface area contributed by atoms with Crippen LogP contribution in [-0.4, -0.2) is 45.3 Å². The van der Waals surface area contributed by atoms with Crippen molar-refractivity contribution >= 4 is 6.08 Å². The van der Waals surface area contributed by atoms with E-state index in [1.165, 1.54) is 0 Å². The Morgan fingerprint density at radius 1 is 1.11 bits per heavy atom. The normalized spacial score (nSPS) is 17.8. The molecule has 5 heteroatoms. The van der Waals surface area contributed by atoms with Crippen LogP contribution in [0.5, 0.6) is 0 Å². The molecule has 0 fully saturated rings. The summed E-state index contributed by atoms with van der Waals surface area (Å²) in [6.07, 6.45) is -2.60. The molecule has 5 nitrogen and oxygen atoms in total. The van der Waals surface area contributed by atoms with Gasteiger partial charge in [0.15, 0.2) is 0 Å². The van der Waals surface area contributed by atoms with Crippen LogP contribution >= 0.6 is 0 Å². The van der Waals surface area contributed by atoms with Crippen LogP contribution in [0.2, 0.25) is 0 Å². The van der Waals surface area contributed by atoms with E-state index in [9.17, 15) is 15.3 Å². The first kappa shape index (κ1) is 14.8. The molecular formula is C13H19NO4. The van der Waals surface area contributed by atoms with Gasteiger partial charge in [-0.1, -0.05) is 36.9 Å². The highest BCUT2D eigenvalue weighted by atomic mass is 16.4. The highest BCUT2D eigenvalue weighted by Gasteiger charge is 2.29. The van der Waals surface area contributed by atoms with Gasteiger partial charge in [-0.2, -0.15) is 0 Å². The number of benzene rings is 1. The maximum absolute atomic E-state index is 9.80. The molecule has 1 aromatic rings. The molecule has 0 amide bonds. The van der Waals surface area contributed by atoms with Crippen molar-refractivity contribution < 1.29 is 20.4 Å². The van der Waals surface area contributed by atoms with Crippen LogP contribution in [0.1, 0.15) is 17.2 Å². The highest BCUT2D eigenvalue weighted by molar-refractivity contribution is 5.47. The van der Waals surface area contributed by atoms with E-state index in [2.05, 4.69) is 6.58 Å². The van der Waals surface area contributed by atoms with Gasteiger partial charge in [0.1, 0.15) is 18.3 Å². The summed E-state index contributed by atoms with van der Waals surface area (Å²) in [5.41, 5.74) is 7.33. The van der Waals surface area contributed by atoms with Crippen LogP contribution in [0, 0.1) is 0 Å². The fourth-order valence-electron chi connectivity index (χ4n) is 1.60. The summed E-state index contributed by atoms with van der Waals surface area (Å²) in [5.74, 6) is 0. The fourth-order valence-corrected chi connectivity index (χ4v) is 1.60. The molecule has 0 bridgehead atoms. The molecule has 0 saturated carbocycles. The molecule has 0 heterocycles. The molecule has 1 rings (SSSR count). The second-order valence-electron chi connectivity index (χ2n) is 4.13. The second kappa shape index (κ2) is 6.63. The highest BCUT2D eigenvalue weighted by Crippen LogP contribution is 2.19. The average Bonchev–Trinajstić information content (AvgIpc) is 2.44. The largest absolute Gasteiger partial charge is 0.394 e. The molecular weight excluding hydrogens is 234 g/mol. The van der Waals surface area contributed by atoms with Gasteiger partial charge in [-0.25, -0.2) is 0 Å². The minimum Gasteiger partial charge on any atom is -0.394 e. The Morgan fingerprint density at radius 3 is 2.11 bits per heavy atom. The molecule has 100 valence electrons. The first-order valence-electron chi connectivity index (χ1n) is 5.64. The Labute approximate surface area is 106 Å². The van der Waals surface area contributed by atoms with Crippen molar-refractivity contribution in [3.8, 4) is 0 Å². The lowest BCUT2D eigenvalue weighted by Crippen LogP contribution is -2.45. The summed E-state index contributed by atoms with van der Waals surface area (Å²) in [7, 11) is 0. The maximum Gasteiger partial charge on any atom is 0.110 e. The van der Waals surface area contributed by atoms with Gasteiger partial charge in [0, 0.05) is 0 Å². The monoisotopic (exact) mass is 253 g/mol. The fraction of sp³-hybridized carbons (Fsp3) is 0.385. The summed E-state index contributed by atoms with van der Waals surface area (Å²) in [4.78, 5) is 0. The number of rotatable bonds is 6. The predicted octanol–water partition coefficient (Wildman–Crippen LogP) is -0.596. The van der Waals surface area contributed by atoms with E-state index in [4.69, 9.17) is 10.8 Å². The number of hydrogen-bond acceptors (Lipinski definition) is 5. The van der Waals surface area contributed by atoms with E-state index < -0.39 is 31.0 Å². The van der Waals surface area contributed by atoms with E-state index >= 15 is 0 Å². The molecule has 6 N–H and O–H groups in total. The van der Waals surface area contributed by atoms with Crippen molar-refractivity contribution in [2.45, 2.75) is 24.4 Å². The molecule has 0 aliphatic carbocycles. The zero-order chi connectivity index (χ0) is 13.7. The van der Waals surface area contributed by atoms with Crippen molar-refractivity contribution in [1.29, 1.82) is 0 Å². The van der Waals surface area contributed by atoms with E-state index in [-0.39, 0.29) is 0 Å². The minimum atomic E-state index is -1.50. The van der Waals surface area contributed by atoms with E-state index in [0.29, 0.717) is 5.56 Å². The third-order valence-corrected chi connectivity index (χ3v) is 2.86. The van der Waals surface area contributed by atoms with Gasteiger partial charge in [0.05, 0.1) is 12.6 Å². The molecule has 18 heavy (non-hydrogen) atoms. The van der Waals surface area contributed by atoms with Gasteiger partial charge in [-0.3, -0.25) is 0 Å². The topological polar surface area (TPSA) is 107 Å². The summed E-state index contributed by atoms with van der Waals surface area (Å²) >= 11 is 0. The number of nitrogens with two attached hydrogens (primary N) is 1. The van der Waals surface area contributed by atoms with Crippen LogP contribution in [0.3, 0.4) is 0 Å². The van der Waals surface area contributed by atoms with Crippen LogP contribution < -0.4 is 5.73 Å². The Hall–Kier alpha value is -1.24. The zero-order valence-electron chi connectivity index (χ0n) is 9.98. The quantitative estimate of drug-likeness (QED) is 0.465. The second-order valence-corrected chi connectivity index (χ2v) is 4.13. The molecule has 4 atom stereocenters. The third kappa shape index (κ3) is 3.38. The Bertz CT molecular complexity index is 379. The van der Waals surface area contributed by atoms with Crippen LogP contribution in [0.4, 0.5) is 0 Å². The van der Waals surface area contributed by atoms with E-state index in [1.807, 2.05) is 0 Å². The zero-order valence-corrected chi connectivity index (χ0v) is 9.98. The van der Waals surface area contributed by atoms with Crippen molar-refractivity contribution in [3.05, 3.63) is 42.0 Å².